The van der Waals surface area contributed by atoms with Crippen molar-refractivity contribution in [1.82, 2.24) is 0 Å². The van der Waals surface area contributed by atoms with E-state index in [1.165, 1.54) is 0 Å². The molecule has 2 N–H and O–H groups in total. The molecule has 1 saturated carbocycles. The van der Waals surface area contributed by atoms with Crippen molar-refractivity contribution in [2.24, 2.45) is 17.1 Å². The molecule has 3 unspecified atom stereocenters. The second-order valence-corrected chi connectivity index (χ2v) is 4.58. The third kappa shape index (κ3) is 1.88. The number of hydrogen-bond donors (Lipinski definition) is 1. The zero-order valence-electron chi connectivity index (χ0n) is 8.59. The van der Waals surface area contributed by atoms with Crippen molar-refractivity contribution < 1.29 is 13.6 Å². The van der Waals surface area contributed by atoms with E-state index >= 15 is 0 Å². The van der Waals surface area contributed by atoms with E-state index in [1.54, 1.807) is 13.8 Å². The molecule has 1 aliphatic carbocycles. The second-order valence-electron chi connectivity index (χ2n) is 4.58. The first-order chi connectivity index (χ1) is 6.37. The van der Waals surface area contributed by atoms with Gasteiger partial charge in [-0.25, -0.2) is 8.78 Å². The maximum Gasteiger partial charge on any atom is 0.223 e. The van der Waals surface area contributed by atoms with E-state index < -0.39 is 29.6 Å². The average Bonchev–Trinajstić information content (AvgIpc) is 2.09. The molecule has 0 aromatic rings. The molecule has 1 amide bonds. The molecule has 0 spiro atoms. The van der Waals surface area contributed by atoms with Gasteiger partial charge >= 0.3 is 0 Å². The van der Waals surface area contributed by atoms with Crippen molar-refractivity contribution in [3.63, 3.8) is 0 Å². The highest BCUT2D eigenvalue weighted by atomic mass is 19.2. The highest BCUT2D eigenvalue weighted by Crippen LogP contribution is 2.40. The lowest BCUT2D eigenvalue weighted by Crippen LogP contribution is -2.46. The maximum atomic E-state index is 13.5. The van der Waals surface area contributed by atoms with Gasteiger partial charge in [0.05, 0.1) is 0 Å². The van der Waals surface area contributed by atoms with E-state index in [4.69, 9.17) is 5.73 Å². The first-order valence-corrected chi connectivity index (χ1v) is 4.95. The fourth-order valence-corrected chi connectivity index (χ4v) is 2.04. The fraction of sp³-hybridized carbons (Fsp3) is 0.900. The van der Waals surface area contributed by atoms with Gasteiger partial charge in [0.2, 0.25) is 5.91 Å². The predicted octanol–water partition coefficient (Wildman–Crippen LogP) is 1.97. The third-order valence-electron chi connectivity index (χ3n) is 3.29. The minimum absolute atomic E-state index is 0.256. The number of amides is 1. The number of primary amides is 1. The number of halogens is 2. The normalized spacial score (nSPS) is 34.1. The van der Waals surface area contributed by atoms with Crippen LogP contribution in [0, 0.1) is 11.3 Å². The van der Waals surface area contributed by atoms with Crippen LogP contribution in [0.25, 0.3) is 0 Å². The number of hydrogen-bond acceptors (Lipinski definition) is 1. The average molecular weight is 205 g/mol. The molecule has 0 aromatic heterocycles. The molecule has 0 radical (unpaired) electrons. The molecule has 0 saturated heterocycles. The highest BCUT2D eigenvalue weighted by molar-refractivity contribution is 5.80. The molecule has 0 aliphatic heterocycles. The van der Waals surface area contributed by atoms with Crippen molar-refractivity contribution in [2.45, 2.75) is 45.5 Å². The molecule has 1 rings (SSSR count). The molecule has 3 atom stereocenters. The summed E-state index contributed by atoms with van der Waals surface area (Å²) in [4.78, 5) is 11.1. The summed E-state index contributed by atoms with van der Waals surface area (Å²) in [7, 11) is 0. The minimum Gasteiger partial charge on any atom is -0.369 e. The summed E-state index contributed by atoms with van der Waals surface area (Å²) in [6.45, 7) is 3.18. The van der Waals surface area contributed by atoms with Crippen LogP contribution >= 0.6 is 0 Å². The molecule has 14 heavy (non-hydrogen) atoms. The van der Waals surface area contributed by atoms with Crippen molar-refractivity contribution in [3.8, 4) is 0 Å². The van der Waals surface area contributed by atoms with Crippen LogP contribution in [0.2, 0.25) is 0 Å². The zero-order valence-corrected chi connectivity index (χ0v) is 8.59. The van der Waals surface area contributed by atoms with E-state index in [0.29, 0.717) is 12.8 Å². The van der Waals surface area contributed by atoms with Gasteiger partial charge in [-0.1, -0.05) is 20.3 Å². The van der Waals surface area contributed by atoms with Gasteiger partial charge in [-0.05, 0) is 12.8 Å². The lowest BCUT2D eigenvalue weighted by molar-refractivity contribution is -0.132. The van der Waals surface area contributed by atoms with E-state index in [2.05, 4.69) is 0 Å². The van der Waals surface area contributed by atoms with Gasteiger partial charge in [-0.15, -0.1) is 0 Å². The van der Waals surface area contributed by atoms with Crippen LogP contribution in [0.15, 0.2) is 0 Å². The Labute approximate surface area is 82.9 Å². The largest absolute Gasteiger partial charge is 0.369 e. The van der Waals surface area contributed by atoms with Crippen LogP contribution in [-0.2, 0) is 4.79 Å². The van der Waals surface area contributed by atoms with E-state index in [9.17, 15) is 13.6 Å². The lowest BCUT2D eigenvalue weighted by atomic mass is 9.69. The maximum absolute atomic E-state index is 13.5. The lowest BCUT2D eigenvalue weighted by Gasteiger charge is -2.38. The van der Waals surface area contributed by atoms with Crippen molar-refractivity contribution in [1.29, 1.82) is 0 Å². The fourth-order valence-electron chi connectivity index (χ4n) is 2.04. The molecule has 1 aliphatic rings. The SMILES string of the molecule is CC(C)(C(N)=O)C1CCCC(F)C1F. The molecule has 4 heteroatoms. The summed E-state index contributed by atoms with van der Waals surface area (Å²) in [5.41, 5.74) is 4.23. The van der Waals surface area contributed by atoms with Crippen LogP contribution in [0.1, 0.15) is 33.1 Å². The molecule has 82 valence electrons. The number of carbonyl (C=O) groups excluding carboxylic acids is 1. The number of carbonyl (C=O) groups is 1. The summed E-state index contributed by atoms with van der Waals surface area (Å²) in [6.07, 6.45) is -1.56. The van der Waals surface area contributed by atoms with Crippen LogP contribution in [0.4, 0.5) is 8.78 Å². The van der Waals surface area contributed by atoms with E-state index in [-0.39, 0.29) is 6.42 Å². The van der Waals surface area contributed by atoms with Gasteiger partial charge in [-0.3, -0.25) is 4.79 Å². The Morgan fingerprint density at radius 2 is 1.93 bits per heavy atom. The summed E-state index contributed by atoms with van der Waals surface area (Å²) in [5, 5.41) is 0. The number of alkyl halides is 2. The third-order valence-corrected chi connectivity index (χ3v) is 3.29. The Bertz CT molecular complexity index is 230. The first-order valence-electron chi connectivity index (χ1n) is 4.95. The summed E-state index contributed by atoms with van der Waals surface area (Å²) in [6, 6.07) is 0. The summed E-state index contributed by atoms with van der Waals surface area (Å²) >= 11 is 0. The molecule has 0 aromatic carbocycles. The highest BCUT2D eigenvalue weighted by Gasteiger charge is 2.45. The van der Waals surface area contributed by atoms with Crippen LogP contribution < -0.4 is 5.73 Å². The minimum atomic E-state index is -1.55. The molecular weight excluding hydrogens is 188 g/mol. The Kier molecular flexibility index (Phi) is 3.12. The van der Waals surface area contributed by atoms with E-state index in [1.807, 2.05) is 0 Å². The zero-order chi connectivity index (χ0) is 10.9. The summed E-state index contributed by atoms with van der Waals surface area (Å²) in [5.74, 6) is -1.14. The van der Waals surface area contributed by atoms with Gasteiger partial charge in [0, 0.05) is 11.3 Å². The van der Waals surface area contributed by atoms with Gasteiger partial charge in [0.15, 0.2) is 0 Å². The quantitative estimate of drug-likeness (QED) is 0.735. The second kappa shape index (κ2) is 3.83. The smallest absolute Gasteiger partial charge is 0.223 e. The topological polar surface area (TPSA) is 43.1 Å². The predicted molar refractivity (Wildman–Crippen MR) is 50.1 cm³/mol. The molecular formula is C10H17F2NO. The van der Waals surface area contributed by atoms with Crippen molar-refractivity contribution >= 4 is 5.91 Å². The van der Waals surface area contributed by atoms with Gasteiger partial charge in [0.1, 0.15) is 12.3 Å². The molecule has 1 fully saturated rings. The van der Waals surface area contributed by atoms with Crippen molar-refractivity contribution in [3.05, 3.63) is 0 Å². The van der Waals surface area contributed by atoms with Crippen molar-refractivity contribution in [2.75, 3.05) is 0 Å². The number of nitrogens with two attached hydrogens (primary N) is 1. The molecule has 0 heterocycles. The first kappa shape index (κ1) is 11.4. The Morgan fingerprint density at radius 1 is 1.36 bits per heavy atom. The van der Waals surface area contributed by atoms with E-state index in [0.717, 1.165) is 0 Å². The monoisotopic (exact) mass is 205 g/mol. The van der Waals surface area contributed by atoms with Gasteiger partial charge < -0.3 is 5.73 Å². The van der Waals surface area contributed by atoms with Gasteiger partial charge in [0.25, 0.3) is 0 Å². The number of rotatable bonds is 2. The van der Waals surface area contributed by atoms with Crippen LogP contribution in [-0.4, -0.2) is 18.3 Å². The summed E-state index contributed by atoms with van der Waals surface area (Å²) < 4.78 is 26.6. The van der Waals surface area contributed by atoms with Crippen LogP contribution in [0.3, 0.4) is 0 Å². The Morgan fingerprint density at radius 3 is 2.43 bits per heavy atom. The van der Waals surface area contributed by atoms with Gasteiger partial charge in [-0.2, -0.15) is 0 Å². The Balaban J connectivity index is 2.80. The standard InChI is InChI=1S/C10H17F2NO/c1-10(2,9(13)14)6-4-3-5-7(11)8(6)12/h6-8H,3-5H2,1-2H3,(H2,13,14). The van der Waals surface area contributed by atoms with Crippen LogP contribution in [0.5, 0.6) is 0 Å². The molecule has 0 bridgehead atoms. The Hall–Kier alpha value is -0.670. The molecule has 2 nitrogen and oxygen atoms in total.